The normalized spacial score (nSPS) is 11.1. The largest absolute Gasteiger partial charge is 0.444 e. The maximum atomic E-state index is 12.8. The van der Waals surface area contributed by atoms with Crippen LogP contribution in [0.2, 0.25) is 0 Å². The highest BCUT2D eigenvalue weighted by Gasteiger charge is 2.13. The zero-order valence-electron chi connectivity index (χ0n) is 15.6. The summed E-state index contributed by atoms with van der Waals surface area (Å²) in [7, 11) is 0. The van der Waals surface area contributed by atoms with Gasteiger partial charge in [-0.3, -0.25) is 14.2 Å². The number of hydrogen-bond acceptors (Lipinski definition) is 5. The summed E-state index contributed by atoms with van der Waals surface area (Å²) >= 11 is 3.16. The van der Waals surface area contributed by atoms with Crippen molar-refractivity contribution in [3.8, 4) is 0 Å². The smallest absolute Gasteiger partial charge is 0.287 e. The number of amides is 1. The minimum Gasteiger partial charge on any atom is -0.444 e. The average molecular weight is 456 g/mol. The highest BCUT2D eigenvalue weighted by Crippen LogP contribution is 2.14. The third-order valence-corrected chi connectivity index (χ3v) is 5.06. The standard InChI is InChI=1S/C20H18BrN5O3/c1-13-4-2-3-5-14(13)11-25-12-23-18-15(20(25)28)10-24-26(18)9-8-22-19(27)16-6-7-17(21)29-16/h2-7,10,12H,8-9,11H2,1H3,(H,22,27). The van der Waals surface area contributed by atoms with Crippen LogP contribution < -0.4 is 10.9 Å². The molecule has 0 bridgehead atoms. The summed E-state index contributed by atoms with van der Waals surface area (Å²) in [5, 5.41) is 7.46. The van der Waals surface area contributed by atoms with Crippen LogP contribution in [0.1, 0.15) is 21.7 Å². The predicted molar refractivity (Wildman–Crippen MR) is 111 cm³/mol. The van der Waals surface area contributed by atoms with Gasteiger partial charge in [0.05, 0.1) is 19.3 Å². The lowest BCUT2D eigenvalue weighted by molar-refractivity contribution is 0.0923. The van der Waals surface area contributed by atoms with Crippen LogP contribution >= 0.6 is 15.9 Å². The SMILES string of the molecule is Cc1ccccc1Cn1cnc2c(cnn2CCNC(=O)c2ccc(Br)o2)c1=O. The van der Waals surface area contributed by atoms with Crippen LogP contribution in [0.3, 0.4) is 0 Å². The number of nitrogens with zero attached hydrogens (tertiary/aromatic N) is 4. The lowest BCUT2D eigenvalue weighted by atomic mass is 10.1. The van der Waals surface area contributed by atoms with E-state index in [0.717, 1.165) is 11.1 Å². The van der Waals surface area contributed by atoms with Gasteiger partial charge in [0.25, 0.3) is 11.5 Å². The van der Waals surface area contributed by atoms with Crippen molar-refractivity contribution in [3.05, 3.63) is 80.8 Å². The van der Waals surface area contributed by atoms with Crippen LogP contribution in [0.5, 0.6) is 0 Å². The summed E-state index contributed by atoms with van der Waals surface area (Å²) < 4.78 is 8.89. The molecule has 0 saturated heterocycles. The molecule has 0 aliphatic heterocycles. The molecule has 4 rings (SSSR count). The number of hydrogen-bond donors (Lipinski definition) is 1. The Labute approximate surface area is 174 Å². The van der Waals surface area contributed by atoms with Gasteiger partial charge in [0, 0.05) is 6.54 Å². The maximum Gasteiger partial charge on any atom is 0.287 e. The second-order valence-electron chi connectivity index (χ2n) is 6.57. The molecule has 29 heavy (non-hydrogen) atoms. The molecule has 0 aliphatic carbocycles. The molecule has 1 amide bonds. The molecule has 0 aliphatic rings. The number of carbonyl (C=O) groups excluding carboxylic acids is 1. The van der Waals surface area contributed by atoms with Crippen molar-refractivity contribution in [3.63, 3.8) is 0 Å². The van der Waals surface area contributed by atoms with Crippen LogP contribution in [0, 0.1) is 6.92 Å². The molecule has 4 aromatic rings. The number of carbonyl (C=O) groups is 1. The second kappa shape index (κ2) is 8.04. The minimum atomic E-state index is -0.319. The molecule has 0 atom stereocenters. The number of furan rings is 1. The van der Waals surface area contributed by atoms with E-state index in [1.54, 1.807) is 21.4 Å². The van der Waals surface area contributed by atoms with E-state index in [4.69, 9.17) is 4.42 Å². The Morgan fingerprint density at radius 1 is 1.24 bits per heavy atom. The number of aromatic nitrogens is 4. The molecule has 0 spiro atoms. The Morgan fingerprint density at radius 3 is 2.83 bits per heavy atom. The Hall–Kier alpha value is -3.20. The van der Waals surface area contributed by atoms with Crippen molar-refractivity contribution in [1.29, 1.82) is 0 Å². The number of benzene rings is 1. The molecule has 0 radical (unpaired) electrons. The van der Waals surface area contributed by atoms with E-state index in [1.807, 2.05) is 31.2 Å². The molecule has 1 aromatic carbocycles. The monoisotopic (exact) mass is 455 g/mol. The number of aryl methyl sites for hydroxylation is 1. The maximum absolute atomic E-state index is 12.8. The van der Waals surface area contributed by atoms with Crippen LogP contribution in [0.4, 0.5) is 0 Å². The van der Waals surface area contributed by atoms with E-state index in [-0.39, 0.29) is 17.2 Å². The van der Waals surface area contributed by atoms with Gasteiger partial charge in [0.2, 0.25) is 0 Å². The van der Waals surface area contributed by atoms with Gasteiger partial charge >= 0.3 is 0 Å². The van der Waals surface area contributed by atoms with Crippen LogP contribution in [0.15, 0.2) is 62.8 Å². The second-order valence-corrected chi connectivity index (χ2v) is 7.35. The van der Waals surface area contributed by atoms with Crippen molar-refractivity contribution in [2.45, 2.75) is 20.0 Å². The molecule has 8 nitrogen and oxygen atoms in total. The molecule has 0 saturated carbocycles. The van der Waals surface area contributed by atoms with Crippen LogP contribution in [-0.2, 0) is 13.1 Å². The first-order valence-electron chi connectivity index (χ1n) is 9.02. The van der Waals surface area contributed by atoms with Gasteiger partial charge in [-0.2, -0.15) is 5.10 Å². The van der Waals surface area contributed by atoms with E-state index >= 15 is 0 Å². The van der Waals surface area contributed by atoms with E-state index in [2.05, 4.69) is 31.3 Å². The van der Waals surface area contributed by atoms with Crippen molar-refractivity contribution in [2.24, 2.45) is 0 Å². The van der Waals surface area contributed by atoms with E-state index < -0.39 is 0 Å². The topological polar surface area (TPSA) is 95.0 Å². The molecular weight excluding hydrogens is 438 g/mol. The Kier molecular flexibility index (Phi) is 5.30. The number of nitrogens with one attached hydrogen (secondary N) is 1. The fourth-order valence-corrected chi connectivity index (χ4v) is 3.35. The third kappa shape index (κ3) is 4.00. The van der Waals surface area contributed by atoms with E-state index in [9.17, 15) is 9.59 Å². The fourth-order valence-electron chi connectivity index (χ4n) is 3.04. The van der Waals surface area contributed by atoms with Gasteiger partial charge in [0.1, 0.15) is 11.7 Å². The van der Waals surface area contributed by atoms with Crippen molar-refractivity contribution in [1.82, 2.24) is 24.6 Å². The van der Waals surface area contributed by atoms with E-state index in [0.29, 0.717) is 35.3 Å². The summed E-state index contributed by atoms with van der Waals surface area (Å²) in [6.45, 7) is 3.17. The van der Waals surface area contributed by atoms with Crippen molar-refractivity contribution >= 4 is 32.9 Å². The zero-order chi connectivity index (χ0) is 20.4. The molecule has 0 fully saturated rings. The minimum absolute atomic E-state index is 0.144. The highest BCUT2D eigenvalue weighted by atomic mass is 79.9. The van der Waals surface area contributed by atoms with E-state index in [1.165, 1.54) is 12.5 Å². The summed E-state index contributed by atoms with van der Waals surface area (Å²) in [6.07, 6.45) is 3.05. The van der Waals surface area contributed by atoms with Crippen LogP contribution in [-0.4, -0.2) is 31.8 Å². The first-order chi connectivity index (χ1) is 14.0. The number of halogens is 1. The molecule has 1 N–H and O–H groups in total. The molecule has 3 aromatic heterocycles. The molecule has 3 heterocycles. The Morgan fingerprint density at radius 2 is 2.07 bits per heavy atom. The lowest BCUT2D eigenvalue weighted by Gasteiger charge is -2.09. The zero-order valence-corrected chi connectivity index (χ0v) is 17.2. The molecular formula is C20H18BrN5O3. The summed E-state index contributed by atoms with van der Waals surface area (Å²) in [5.74, 6) is -0.0971. The number of fused-ring (bicyclic) bond motifs is 1. The quantitative estimate of drug-likeness (QED) is 0.482. The average Bonchev–Trinajstić information content (AvgIpc) is 3.32. The Bertz CT molecular complexity index is 1240. The third-order valence-electron chi connectivity index (χ3n) is 4.63. The summed E-state index contributed by atoms with van der Waals surface area (Å²) in [4.78, 5) is 29.2. The number of rotatable bonds is 6. The van der Waals surface area contributed by atoms with Gasteiger partial charge in [-0.05, 0) is 46.1 Å². The molecule has 9 heteroatoms. The summed E-state index contributed by atoms with van der Waals surface area (Å²) in [6, 6.07) is 11.2. The first-order valence-corrected chi connectivity index (χ1v) is 9.81. The van der Waals surface area contributed by atoms with Gasteiger partial charge < -0.3 is 9.73 Å². The van der Waals surface area contributed by atoms with Gasteiger partial charge in [-0.15, -0.1) is 0 Å². The molecule has 148 valence electrons. The Balaban J connectivity index is 1.48. The first kappa shape index (κ1) is 19.1. The van der Waals surface area contributed by atoms with Gasteiger partial charge in [-0.1, -0.05) is 24.3 Å². The predicted octanol–water partition coefficient (Wildman–Crippen LogP) is 2.74. The van der Waals surface area contributed by atoms with Gasteiger partial charge in [-0.25, -0.2) is 9.67 Å². The lowest BCUT2D eigenvalue weighted by Crippen LogP contribution is -2.27. The van der Waals surface area contributed by atoms with Gasteiger partial charge in [0.15, 0.2) is 16.1 Å². The molecule has 0 unspecified atom stereocenters. The van der Waals surface area contributed by atoms with Crippen LogP contribution in [0.25, 0.3) is 11.0 Å². The van der Waals surface area contributed by atoms with Crippen molar-refractivity contribution < 1.29 is 9.21 Å². The highest BCUT2D eigenvalue weighted by molar-refractivity contribution is 9.10. The van der Waals surface area contributed by atoms with Crippen molar-refractivity contribution in [2.75, 3.05) is 6.54 Å². The summed E-state index contributed by atoms with van der Waals surface area (Å²) in [5.41, 5.74) is 2.53. The fraction of sp³-hybridized carbons (Fsp3) is 0.200.